The molecule has 0 aliphatic heterocycles. The molecule has 0 aliphatic rings. The molecule has 20 heavy (non-hydrogen) atoms. The predicted octanol–water partition coefficient (Wildman–Crippen LogP) is 6.90. The lowest BCUT2D eigenvalue weighted by atomic mass is 10.1. The van der Waals surface area contributed by atoms with E-state index in [1.165, 1.54) is 38.5 Å². The van der Waals surface area contributed by atoms with Gasteiger partial charge >= 0.3 is 0 Å². The summed E-state index contributed by atoms with van der Waals surface area (Å²) in [6.45, 7) is 12.6. The number of halogens is 2. The van der Waals surface area contributed by atoms with Crippen molar-refractivity contribution >= 4 is 37.2 Å². The molecule has 0 aromatic carbocycles. The molecule has 0 unspecified atom stereocenters. The van der Waals surface area contributed by atoms with Crippen LogP contribution in [-0.2, 0) is 4.43 Å². The normalized spacial score (nSPS) is 13.8. The van der Waals surface area contributed by atoms with Gasteiger partial charge in [0.05, 0.1) is 0 Å². The Bertz CT molecular complexity index is 258. The maximum atomic E-state index is 6.18. The lowest BCUT2D eigenvalue weighted by Gasteiger charge is -2.36. The SMILES string of the molecule is CC(C)(C)[Si](C)(C)OCCCCCCCC[Si](C)(Cl)Cl. The Morgan fingerprint density at radius 1 is 0.800 bits per heavy atom. The number of hydrogen-bond donors (Lipinski definition) is 0. The van der Waals surface area contributed by atoms with Crippen molar-refractivity contribution in [2.75, 3.05) is 6.61 Å². The predicted molar refractivity (Wildman–Crippen MR) is 99.0 cm³/mol. The van der Waals surface area contributed by atoms with Crippen LogP contribution in [0.5, 0.6) is 0 Å². The highest BCUT2D eigenvalue weighted by Gasteiger charge is 2.36. The molecule has 0 spiro atoms. The highest BCUT2D eigenvalue weighted by Crippen LogP contribution is 2.36. The van der Waals surface area contributed by atoms with E-state index in [1.54, 1.807) is 0 Å². The third-order valence-corrected chi connectivity index (χ3v) is 11.2. The molecule has 0 radical (unpaired) electrons. The minimum Gasteiger partial charge on any atom is -0.417 e. The Hall–Kier alpha value is 0.974. The van der Waals surface area contributed by atoms with Crippen LogP contribution < -0.4 is 0 Å². The van der Waals surface area contributed by atoms with Gasteiger partial charge < -0.3 is 4.43 Å². The zero-order valence-electron chi connectivity index (χ0n) is 14.3. The van der Waals surface area contributed by atoms with Crippen LogP contribution in [0.25, 0.3) is 0 Å². The molecule has 0 aromatic rings. The standard InChI is InChI=1S/C15H34Cl2OSi2/c1-15(2,3)19(4,5)18-13-11-9-7-8-10-12-14-20(6,16)17/h7-14H2,1-6H3. The van der Waals surface area contributed by atoms with Gasteiger partial charge in [-0.2, -0.15) is 0 Å². The molecule has 0 fully saturated rings. The Morgan fingerprint density at radius 3 is 1.70 bits per heavy atom. The van der Waals surface area contributed by atoms with Crippen molar-refractivity contribution in [3.05, 3.63) is 0 Å². The van der Waals surface area contributed by atoms with Gasteiger partial charge in [0.15, 0.2) is 8.32 Å². The highest BCUT2D eigenvalue weighted by molar-refractivity contribution is 7.44. The van der Waals surface area contributed by atoms with E-state index in [-0.39, 0.29) is 0 Å². The summed E-state index contributed by atoms with van der Waals surface area (Å²) >= 11 is 12.2. The van der Waals surface area contributed by atoms with E-state index >= 15 is 0 Å². The van der Waals surface area contributed by atoms with E-state index in [0.717, 1.165) is 12.7 Å². The molecule has 0 N–H and O–H groups in total. The summed E-state index contributed by atoms with van der Waals surface area (Å²) in [6.07, 6.45) is 7.55. The molecule has 0 atom stereocenters. The first kappa shape index (κ1) is 21.0. The summed E-state index contributed by atoms with van der Waals surface area (Å²) < 4.78 is 6.18. The second-order valence-corrected chi connectivity index (χ2v) is 20.6. The maximum Gasteiger partial charge on any atom is 0.248 e. The van der Waals surface area contributed by atoms with Gasteiger partial charge in [-0.1, -0.05) is 52.9 Å². The van der Waals surface area contributed by atoms with E-state index in [2.05, 4.69) is 33.9 Å². The third kappa shape index (κ3) is 10.7. The lowest BCUT2D eigenvalue weighted by molar-refractivity contribution is 0.277. The second kappa shape index (κ2) is 9.19. The van der Waals surface area contributed by atoms with E-state index in [4.69, 9.17) is 26.6 Å². The molecule has 5 heteroatoms. The molecule has 0 saturated carbocycles. The smallest absolute Gasteiger partial charge is 0.248 e. The Kier molecular flexibility index (Phi) is 9.64. The topological polar surface area (TPSA) is 9.23 Å². The van der Waals surface area contributed by atoms with E-state index < -0.39 is 15.0 Å². The van der Waals surface area contributed by atoms with Crippen molar-refractivity contribution in [1.29, 1.82) is 0 Å². The van der Waals surface area contributed by atoms with E-state index in [0.29, 0.717) is 5.04 Å². The van der Waals surface area contributed by atoms with Crippen molar-refractivity contribution in [1.82, 2.24) is 0 Å². The van der Waals surface area contributed by atoms with Crippen LogP contribution in [0.1, 0.15) is 59.3 Å². The Morgan fingerprint density at radius 2 is 1.25 bits per heavy atom. The number of unbranched alkanes of at least 4 members (excludes halogenated alkanes) is 5. The summed E-state index contributed by atoms with van der Waals surface area (Å²) in [5.74, 6) is 0. The summed E-state index contributed by atoms with van der Waals surface area (Å²) in [5, 5.41) is 0.326. The lowest BCUT2D eigenvalue weighted by Crippen LogP contribution is -2.40. The van der Waals surface area contributed by atoms with Gasteiger partial charge in [0.1, 0.15) is 0 Å². The summed E-state index contributed by atoms with van der Waals surface area (Å²) in [4.78, 5) is 0. The first-order valence-electron chi connectivity index (χ1n) is 7.97. The van der Waals surface area contributed by atoms with Crippen LogP contribution in [0, 0.1) is 0 Å². The van der Waals surface area contributed by atoms with E-state index in [9.17, 15) is 0 Å². The quantitative estimate of drug-likeness (QED) is 0.235. The summed E-state index contributed by atoms with van der Waals surface area (Å²) in [7, 11) is -1.53. The van der Waals surface area contributed by atoms with Gasteiger partial charge in [0, 0.05) is 6.61 Å². The monoisotopic (exact) mass is 356 g/mol. The van der Waals surface area contributed by atoms with Gasteiger partial charge in [-0.05, 0) is 37.1 Å². The van der Waals surface area contributed by atoms with Gasteiger partial charge in [-0.15, -0.1) is 22.2 Å². The highest BCUT2D eigenvalue weighted by atomic mass is 35.7. The fourth-order valence-corrected chi connectivity index (χ4v) is 4.55. The zero-order chi connectivity index (χ0) is 15.9. The van der Waals surface area contributed by atoms with Crippen LogP contribution in [0.2, 0.25) is 30.7 Å². The first-order valence-corrected chi connectivity index (χ1v) is 15.6. The maximum absolute atomic E-state index is 6.18. The minimum absolute atomic E-state index is 0.326. The summed E-state index contributed by atoms with van der Waals surface area (Å²) in [5.41, 5.74) is 0. The first-order chi connectivity index (χ1) is 8.96. The largest absolute Gasteiger partial charge is 0.417 e. The van der Waals surface area contributed by atoms with Crippen LogP contribution in [-0.4, -0.2) is 21.6 Å². The summed E-state index contributed by atoms with van der Waals surface area (Å²) in [6, 6.07) is 1.03. The number of hydrogen-bond acceptors (Lipinski definition) is 1. The van der Waals surface area contributed by atoms with Gasteiger partial charge in [-0.3, -0.25) is 0 Å². The molecule has 122 valence electrons. The molecule has 0 bridgehead atoms. The van der Waals surface area contributed by atoms with Crippen molar-refractivity contribution < 1.29 is 4.43 Å². The van der Waals surface area contributed by atoms with Gasteiger partial charge in [-0.25, -0.2) is 0 Å². The molecule has 0 aromatic heterocycles. The van der Waals surface area contributed by atoms with Crippen molar-refractivity contribution in [2.45, 2.75) is 90.0 Å². The number of rotatable bonds is 10. The van der Waals surface area contributed by atoms with Gasteiger partial charge in [0.25, 0.3) is 0 Å². The molecule has 0 saturated heterocycles. The van der Waals surface area contributed by atoms with Crippen LogP contribution in [0.3, 0.4) is 0 Å². The third-order valence-electron chi connectivity index (χ3n) is 4.28. The fourth-order valence-electron chi connectivity index (χ4n) is 1.79. The molecule has 1 nitrogen and oxygen atoms in total. The van der Waals surface area contributed by atoms with E-state index in [1.807, 2.05) is 6.55 Å². The molecular formula is C15H34Cl2OSi2. The fraction of sp³-hybridized carbons (Fsp3) is 1.00. The minimum atomic E-state index is -1.85. The average molecular weight is 358 g/mol. The molecule has 0 aliphatic carbocycles. The van der Waals surface area contributed by atoms with Crippen molar-refractivity contribution in [3.63, 3.8) is 0 Å². The van der Waals surface area contributed by atoms with Crippen molar-refractivity contribution in [2.24, 2.45) is 0 Å². The Labute approximate surface area is 138 Å². The van der Waals surface area contributed by atoms with Gasteiger partial charge in [0.2, 0.25) is 6.69 Å². The molecule has 0 amide bonds. The van der Waals surface area contributed by atoms with Crippen LogP contribution in [0.4, 0.5) is 0 Å². The molecular weight excluding hydrogens is 323 g/mol. The van der Waals surface area contributed by atoms with Crippen LogP contribution in [0.15, 0.2) is 0 Å². The van der Waals surface area contributed by atoms with Crippen LogP contribution >= 0.6 is 22.2 Å². The Balaban J connectivity index is 3.46. The molecule has 0 rings (SSSR count). The van der Waals surface area contributed by atoms with Crippen molar-refractivity contribution in [3.8, 4) is 0 Å². The average Bonchev–Trinajstić information content (AvgIpc) is 2.23. The zero-order valence-corrected chi connectivity index (χ0v) is 17.8. The second-order valence-electron chi connectivity index (χ2n) is 7.55. The molecule has 0 heterocycles.